The summed E-state index contributed by atoms with van der Waals surface area (Å²) in [6.07, 6.45) is 3.16. The summed E-state index contributed by atoms with van der Waals surface area (Å²) in [6, 6.07) is 0. The van der Waals surface area contributed by atoms with Gasteiger partial charge in [0.1, 0.15) is 23.7 Å². The molecular formula is C16H21O6P. The van der Waals surface area contributed by atoms with Crippen molar-refractivity contribution in [2.75, 3.05) is 13.3 Å². The molecule has 0 bridgehead atoms. The van der Waals surface area contributed by atoms with Crippen molar-refractivity contribution >= 4 is 14.3 Å². The van der Waals surface area contributed by atoms with Crippen molar-refractivity contribution < 1.29 is 29.2 Å². The molecule has 1 aromatic rings. The molecule has 0 saturated carbocycles. The predicted octanol–water partition coefficient (Wildman–Crippen LogP) is 2.56. The van der Waals surface area contributed by atoms with Gasteiger partial charge in [0.2, 0.25) is 0 Å². The second kappa shape index (κ2) is 7.30. The zero-order valence-electron chi connectivity index (χ0n) is 13.4. The third kappa shape index (κ3) is 3.66. The molecule has 1 aliphatic heterocycles. The quantitative estimate of drug-likeness (QED) is 0.418. The minimum Gasteiger partial charge on any atom is -0.507 e. The minimum atomic E-state index is -1.90. The number of hydrogen-bond acceptors (Lipinski definition) is 6. The molecule has 3 N–H and O–H groups in total. The van der Waals surface area contributed by atoms with Crippen LogP contribution >= 0.6 is 8.38 Å². The monoisotopic (exact) mass is 340 g/mol. The van der Waals surface area contributed by atoms with Crippen molar-refractivity contribution in [3.05, 3.63) is 33.9 Å². The number of benzene rings is 1. The van der Waals surface area contributed by atoms with Gasteiger partial charge in [-0.05, 0) is 32.3 Å². The highest BCUT2D eigenvalue weighted by molar-refractivity contribution is 7.45. The van der Waals surface area contributed by atoms with Crippen LogP contribution in [-0.2, 0) is 17.8 Å². The van der Waals surface area contributed by atoms with E-state index in [0.717, 1.165) is 11.1 Å². The van der Waals surface area contributed by atoms with E-state index in [2.05, 4.69) is 0 Å². The molecule has 6 nitrogen and oxygen atoms in total. The number of allylic oxidation sites excluding steroid dienone is 2. The lowest BCUT2D eigenvalue weighted by Crippen LogP contribution is -2.03. The van der Waals surface area contributed by atoms with Crippen LogP contribution in [0.25, 0.3) is 0 Å². The summed E-state index contributed by atoms with van der Waals surface area (Å²) in [4.78, 5) is 29.7. The average Bonchev–Trinajstić information content (AvgIpc) is 2.89. The summed E-state index contributed by atoms with van der Waals surface area (Å²) in [5.74, 6) is -0.0628. The maximum Gasteiger partial charge on any atom is 0.342 e. The lowest BCUT2D eigenvalue weighted by Gasteiger charge is -2.15. The Hall–Kier alpha value is -1.62. The molecule has 126 valence electrons. The molecule has 0 saturated heterocycles. The van der Waals surface area contributed by atoms with E-state index in [1.165, 1.54) is 7.11 Å². The number of carbonyl (C=O) groups excluding carboxylic acids is 1. The maximum absolute atomic E-state index is 11.8. The van der Waals surface area contributed by atoms with E-state index in [0.29, 0.717) is 35.9 Å². The van der Waals surface area contributed by atoms with Gasteiger partial charge in [-0.3, -0.25) is 0 Å². The van der Waals surface area contributed by atoms with E-state index in [9.17, 15) is 9.90 Å². The van der Waals surface area contributed by atoms with Crippen molar-refractivity contribution in [1.82, 2.24) is 0 Å². The Bertz CT molecular complexity index is 651. The molecule has 1 heterocycles. The van der Waals surface area contributed by atoms with Gasteiger partial charge in [-0.25, -0.2) is 4.79 Å². The number of phenols is 1. The van der Waals surface area contributed by atoms with Gasteiger partial charge in [-0.15, -0.1) is 0 Å². The third-order valence-electron chi connectivity index (χ3n) is 4.01. The highest BCUT2D eigenvalue weighted by atomic mass is 31.2. The van der Waals surface area contributed by atoms with E-state index in [4.69, 9.17) is 19.3 Å². The number of hydrogen-bond donors (Lipinski definition) is 3. The highest BCUT2D eigenvalue weighted by Gasteiger charge is 2.31. The normalized spacial score (nSPS) is 14.2. The summed E-state index contributed by atoms with van der Waals surface area (Å²) < 4.78 is 10.4. The first-order valence-electron chi connectivity index (χ1n) is 7.26. The van der Waals surface area contributed by atoms with Gasteiger partial charge in [0.25, 0.3) is 0 Å². The Kier molecular flexibility index (Phi) is 5.63. The summed E-state index contributed by atoms with van der Waals surface area (Å²) in [7, 11) is -0.380. The number of phenolic OH excluding ortho intramolecular Hbond substituents is 1. The van der Waals surface area contributed by atoms with E-state index in [1.807, 2.05) is 19.9 Å². The van der Waals surface area contributed by atoms with E-state index < -0.39 is 14.3 Å². The van der Waals surface area contributed by atoms with Crippen LogP contribution in [0.4, 0.5) is 0 Å². The van der Waals surface area contributed by atoms with Crippen LogP contribution in [-0.4, -0.2) is 34.1 Å². The second-order valence-corrected chi connectivity index (χ2v) is 6.71. The first-order chi connectivity index (χ1) is 10.9. The molecule has 0 aromatic heterocycles. The van der Waals surface area contributed by atoms with Crippen molar-refractivity contribution in [2.45, 2.75) is 33.3 Å². The van der Waals surface area contributed by atoms with E-state index in [1.54, 1.807) is 0 Å². The van der Waals surface area contributed by atoms with Crippen LogP contribution in [0.5, 0.6) is 11.5 Å². The number of ether oxygens (including phenoxy) is 2. The fourth-order valence-corrected chi connectivity index (χ4v) is 3.24. The number of methoxy groups -OCH3 is 1. The van der Waals surface area contributed by atoms with Crippen molar-refractivity contribution in [2.24, 2.45) is 0 Å². The third-order valence-corrected chi connectivity index (χ3v) is 4.63. The Morgan fingerprint density at radius 3 is 2.74 bits per heavy atom. The summed E-state index contributed by atoms with van der Waals surface area (Å²) >= 11 is 0. The molecule has 1 aliphatic rings. The fraction of sp³-hybridized carbons (Fsp3) is 0.438. The summed E-state index contributed by atoms with van der Waals surface area (Å²) in [5.41, 5.74) is 3.19. The number of cyclic esters (lactones) is 1. The number of aromatic hydroxyl groups is 1. The van der Waals surface area contributed by atoms with Crippen LogP contribution in [0.2, 0.25) is 0 Å². The number of fused-ring (bicyclic) bond motifs is 1. The molecule has 1 aromatic carbocycles. The zero-order valence-corrected chi connectivity index (χ0v) is 14.3. The molecule has 2 rings (SSSR count). The van der Waals surface area contributed by atoms with Gasteiger partial charge < -0.3 is 24.4 Å². The molecular weight excluding hydrogens is 319 g/mol. The fourth-order valence-electron chi connectivity index (χ4n) is 2.68. The number of carbonyl (C=O) groups is 1. The van der Waals surface area contributed by atoms with Gasteiger partial charge >= 0.3 is 5.97 Å². The largest absolute Gasteiger partial charge is 0.507 e. The first kappa shape index (κ1) is 17.7. The number of esters is 1. The summed E-state index contributed by atoms with van der Waals surface area (Å²) in [5, 5.41) is 10.5. The summed E-state index contributed by atoms with van der Waals surface area (Å²) in [6.45, 7) is 3.87. The molecule has 0 atom stereocenters. The van der Waals surface area contributed by atoms with Crippen LogP contribution in [0.3, 0.4) is 0 Å². The van der Waals surface area contributed by atoms with Crippen molar-refractivity contribution in [1.29, 1.82) is 0 Å². The van der Waals surface area contributed by atoms with Gasteiger partial charge in [-0.1, -0.05) is 11.6 Å². The average molecular weight is 340 g/mol. The maximum atomic E-state index is 11.8. The van der Waals surface area contributed by atoms with Crippen LogP contribution in [0.1, 0.15) is 40.4 Å². The molecule has 0 fully saturated rings. The van der Waals surface area contributed by atoms with E-state index >= 15 is 0 Å². The topological polar surface area (TPSA) is 96.2 Å². The molecule has 0 unspecified atom stereocenters. The second-order valence-electron chi connectivity index (χ2n) is 5.52. The van der Waals surface area contributed by atoms with Crippen LogP contribution in [0, 0.1) is 6.92 Å². The predicted molar refractivity (Wildman–Crippen MR) is 86.8 cm³/mol. The van der Waals surface area contributed by atoms with Gasteiger partial charge in [-0.2, -0.15) is 0 Å². The molecule has 0 amide bonds. The molecule has 0 aliphatic carbocycles. The van der Waals surface area contributed by atoms with Crippen LogP contribution < -0.4 is 4.74 Å². The Labute approximate surface area is 136 Å². The van der Waals surface area contributed by atoms with Gasteiger partial charge in [0, 0.05) is 17.3 Å². The molecule has 0 radical (unpaired) electrons. The zero-order chi connectivity index (χ0) is 17.1. The Morgan fingerprint density at radius 1 is 1.43 bits per heavy atom. The Balaban J connectivity index is 2.35. The van der Waals surface area contributed by atoms with Gasteiger partial charge in [0.05, 0.1) is 7.11 Å². The smallest absolute Gasteiger partial charge is 0.342 e. The van der Waals surface area contributed by atoms with Gasteiger partial charge in [0.15, 0.2) is 8.38 Å². The van der Waals surface area contributed by atoms with E-state index in [-0.39, 0.29) is 17.9 Å². The van der Waals surface area contributed by atoms with Crippen LogP contribution in [0.15, 0.2) is 11.6 Å². The molecule has 0 spiro atoms. The van der Waals surface area contributed by atoms with Crippen molar-refractivity contribution in [3.63, 3.8) is 0 Å². The molecule has 7 heteroatoms. The first-order valence-corrected chi connectivity index (χ1v) is 8.69. The Morgan fingerprint density at radius 2 is 2.13 bits per heavy atom. The standard InChI is InChI=1S/C16H21O6P/c1-9(6-7-23(19)20)4-5-11-14(17)13-12(8-22-16(13)18)10(2)15(11)21-3/h4,17,19-20H,5-8H2,1-3H3/b9-4+. The number of rotatable bonds is 6. The SMILES string of the molecule is COc1c(C)c2c(c(O)c1C/C=C(\C)CCP(O)O)C(=O)OC2. The highest BCUT2D eigenvalue weighted by Crippen LogP contribution is 2.42. The minimum absolute atomic E-state index is 0.0967. The lowest BCUT2D eigenvalue weighted by atomic mass is 9.95. The molecule has 23 heavy (non-hydrogen) atoms. The lowest BCUT2D eigenvalue weighted by molar-refractivity contribution is 0.0533. The van der Waals surface area contributed by atoms with Crippen molar-refractivity contribution in [3.8, 4) is 11.5 Å².